The quantitative estimate of drug-likeness (QED) is 0.879. The summed E-state index contributed by atoms with van der Waals surface area (Å²) in [5, 5.41) is 10.4. The molecule has 1 aromatic carbocycles. The maximum atomic E-state index is 12.3. The van der Waals surface area contributed by atoms with Gasteiger partial charge in [-0.05, 0) is 30.9 Å². The van der Waals surface area contributed by atoms with Crippen molar-refractivity contribution in [3.8, 4) is 0 Å². The van der Waals surface area contributed by atoms with Gasteiger partial charge < -0.3 is 10.0 Å². The van der Waals surface area contributed by atoms with Crippen molar-refractivity contribution in [1.82, 2.24) is 14.5 Å². The molecule has 1 aromatic heterocycles. The van der Waals surface area contributed by atoms with E-state index in [4.69, 9.17) is 0 Å². The lowest BCUT2D eigenvalue weighted by molar-refractivity contribution is -0.132. The highest BCUT2D eigenvalue weighted by Gasteiger charge is 2.31. The Balaban J connectivity index is 1.73. The fourth-order valence-corrected chi connectivity index (χ4v) is 2.50. The molecule has 0 saturated heterocycles. The maximum absolute atomic E-state index is 12.3. The summed E-state index contributed by atoms with van der Waals surface area (Å²) in [6, 6.07) is 7.06. The van der Waals surface area contributed by atoms with Gasteiger partial charge in [0.05, 0.1) is 23.3 Å². The normalized spacial score (nSPS) is 15.7. The molecule has 1 amide bonds. The summed E-state index contributed by atoms with van der Waals surface area (Å²) in [6.07, 6.45) is 2.97. The van der Waals surface area contributed by atoms with Gasteiger partial charge in [0.15, 0.2) is 0 Å². The van der Waals surface area contributed by atoms with Crippen LogP contribution in [0.25, 0.3) is 10.9 Å². The molecule has 1 aliphatic rings. The highest BCUT2D eigenvalue weighted by atomic mass is 16.3. The molecule has 1 fully saturated rings. The SMILES string of the molecule is CN(CC(O)C1CC1)C(=O)Cn1cnc2ccccc2c1=O. The number of rotatable bonds is 5. The van der Waals surface area contributed by atoms with Crippen LogP contribution in [-0.4, -0.2) is 45.2 Å². The largest absolute Gasteiger partial charge is 0.391 e. The number of aliphatic hydroxyl groups is 1. The number of aromatic nitrogens is 2. The number of hydrogen-bond donors (Lipinski definition) is 1. The van der Waals surface area contributed by atoms with E-state index in [2.05, 4.69) is 4.98 Å². The number of amides is 1. The second-order valence-electron chi connectivity index (χ2n) is 5.87. The van der Waals surface area contributed by atoms with E-state index < -0.39 is 6.10 Å². The molecule has 1 aliphatic carbocycles. The average molecular weight is 301 g/mol. The second-order valence-corrected chi connectivity index (χ2v) is 5.87. The number of carbonyl (C=O) groups is 1. The van der Waals surface area contributed by atoms with Gasteiger partial charge in [-0.15, -0.1) is 0 Å². The lowest BCUT2D eigenvalue weighted by Crippen LogP contribution is -2.38. The van der Waals surface area contributed by atoms with E-state index in [-0.39, 0.29) is 18.0 Å². The van der Waals surface area contributed by atoms with Gasteiger partial charge in [0.1, 0.15) is 6.54 Å². The van der Waals surface area contributed by atoms with E-state index in [0.717, 1.165) is 12.8 Å². The zero-order valence-electron chi connectivity index (χ0n) is 12.5. The monoisotopic (exact) mass is 301 g/mol. The number of fused-ring (bicyclic) bond motifs is 1. The lowest BCUT2D eigenvalue weighted by atomic mass is 10.2. The van der Waals surface area contributed by atoms with E-state index in [1.54, 1.807) is 25.2 Å². The van der Waals surface area contributed by atoms with Gasteiger partial charge in [0.25, 0.3) is 5.56 Å². The van der Waals surface area contributed by atoms with Gasteiger partial charge in [0, 0.05) is 13.6 Å². The molecule has 22 heavy (non-hydrogen) atoms. The predicted octanol–water partition coefficient (Wildman–Crippen LogP) is 0.626. The van der Waals surface area contributed by atoms with Crippen LogP contribution in [0.2, 0.25) is 0 Å². The first-order chi connectivity index (χ1) is 10.6. The van der Waals surface area contributed by atoms with Gasteiger partial charge in [-0.1, -0.05) is 12.1 Å². The highest BCUT2D eigenvalue weighted by Crippen LogP contribution is 2.32. The minimum atomic E-state index is -0.472. The Bertz CT molecular complexity index is 752. The summed E-state index contributed by atoms with van der Waals surface area (Å²) < 4.78 is 1.31. The molecule has 1 heterocycles. The van der Waals surface area contributed by atoms with Gasteiger partial charge in [0.2, 0.25) is 5.91 Å². The Morgan fingerprint density at radius 2 is 2.18 bits per heavy atom. The lowest BCUT2D eigenvalue weighted by Gasteiger charge is -2.21. The second kappa shape index (κ2) is 5.88. The van der Waals surface area contributed by atoms with Crippen LogP contribution in [-0.2, 0) is 11.3 Å². The average Bonchev–Trinajstić information content (AvgIpc) is 3.35. The summed E-state index contributed by atoms with van der Waals surface area (Å²) in [6.45, 7) is 0.240. The predicted molar refractivity (Wildman–Crippen MR) is 82.4 cm³/mol. The van der Waals surface area contributed by atoms with Crippen LogP contribution in [0.1, 0.15) is 12.8 Å². The first-order valence-electron chi connectivity index (χ1n) is 7.42. The Kier molecular flexibility index (Phi) is 3.94. The Morgan fingerprint density at radius 3 is 2.91 bits per heavy atom. The molecule has 0 bridgehead atoms. The van der Waals surface area contributed by atoms with Crippen molar-refractivity contribution in [2.45, 2.75) is 25.5 Å². The molecule has 1 unspecified atom stereocenters. The van der Waals surface area contributed by atoms with Crippen LogP contribution in [0, 0.1) is 5.92 Å². The van der Waals surface area contributed by atoms with Crippen molar-refractivity contribution >= 4 is 16.8 Å². The molecule has 6 nitrogen and oxygen atoms in total. The van der Waals surface area contributed by atoms with Gasteiger partial charge >= 0.3 is 0 Å². The summed E-state index contributed by atoms with van der Waals surface area (Å²) in [7, 11) is 1.65. The Labute approximate surface area is 128 Å². The third-order valence-corrected chi connectivity index (χ3v) is 4.09. The summed E-state index contributed by atoms with van der Waals surface area (Å²) in [5.41, 5.74) is 0.392. The zero-order chi connectivity index (χ0) is 15.7. The highest BCUT2D eigenvalue weighted by molar-refractivity contribution is 5.78. The molecule has 1 atom stereocenters. The van der Waals surface area contributed by atoms with Crippen molar-refractivity contribution in [3.63, 3.8) is 0 Å². The van der Waals surface area contributed by atoms with Crippen molar-refractivity contribution in [2.75, 3.05) is 13.6 Å². The number of hydrogen-bond acceptors (Lipinski definition) is 4. The van der Waals surface area contributed by atoms with Crippen molar-refractivity contribution < 1.29 is 9.90 Å². The first-order valence-corrected chi connectivity index (χ1v) is 7.42. The first kappa shape index (κ1) is 14.7. The number of carbonyl (C=O) groups excluding carboxylic acids is 1. The van der Waals surface area contributed by atoms with Crippen molar-refractivity contribution in [1.29, 1.82) is 0 Å². The van der Waals surface area contributed by atoms with Crippen molar-refractivity contribution in [2.24, 2.45) is 5.92 Å². The fourth-order valence-electron chi connectivity index (χ4n) is 2.50. The maximum Gasteiger partial charge on any atom is 0.261 e. The molecule has 0 spiro atoms. The van der Waals surface area contributed by atoms with E-state index in [0.29, 0.717) is 23.4 Å². The van der Waals surface area contributed by atoms with Gasteiger partial charge in [-0.25, -0.2) is 4.98 Å². The summed E-state index contributed by atoms with van der Waals surface area (Å²) >= 11 is 0. The Morgan fingerprint density at radius 1 is 1.45 bits per heavy atom. The van der Waals surface area contributed by atoms with Gasteiger partial charge in [-0.3, -0.25) is 14.2 Å². The molecule has 2 aromatic rings. The van der Waals surface area contributed by atoms with Crippen LogP contribution in [0.15, 0.2) is 35.4 Å². The van der Waals surface area contributed by atoms with Crippen molar-refractivity contribution in [3.05, 3.63) is 40.9 Å². The van der Waals surface area contributed by atoms with Crippen LogP contribution in [0.3, 0.4) is 0 Å². The minimum Gasteiger partial charge on any atom is -0.391 e. The number of benzene rings is 1. The number of aliphatic hydroxyl groups excluding tert-OH is 1. The van der Waals surface area contributed by atoms with Crippen LogP contribution in [0.5, 0.6) is 0 Å². The van der Waals surface area contributed by atoms with E-state index in [1.807, 2.05) is 6.07 Å². The fraction of sp³-hybridized carbons (Fsp3) is 0.438. The zero-order valence-corrected chi connectivity index (χ0v) is 12.5. The van der Waals surface area contributed by atoms with Crippen LogP contribution >= 0.6 is 0 Å². The molecular weight excluding hydrogens is 282 g/mol. The van der Waals surface area contributed by atoms with E-state index in [9.17, 15) is 14.7 Å². The molecule has 116 valence electrons. The molecule has 1 saturated carbocycles. The summed E-state index contributed by atoms with van der Waals surface area (Å²) in [4.78, 5) is 30.2. The standard InChI is InChI=1S/C16H19N3O3/c1-18(8-14(20)11-6-7-11)15(21)9-19-10-17-13-5-3-2-4-12(13)16(19)22/h2-5,10-11,14,20H,6-9H2,1H3. The molecule has 0 aliphatic heterocycles. The number of nitrogens with zero attached hydrogens (tertiary/aromatic N) is 3. The molecular formula is C16H19N3O3. The van der Waals surface area contributed by atoms with E-state index in [1.165, 1.54) is 15.8 Å². The molecule has 1 N–H and O–H groups in total. The number of para-hydroxylation sites is 1. The van der Waals surface area contributed by atoms with Crippen LogP contribution in [0.4, 0.5) is 0 Å². The van der Waals surface area contributed by atoms with Crippen LogP contribution < -0.4 is 5.56 Å². The smallest absolute Gasteiger partial charge is 0.261 e. The molecule has 0 radical (unpaired) electrons. The van der Waals surface area contributed by atoms with E-state index >= 15 is 0 Å². The topological polar surface area (TPSA) is 75.4 Å². The van der Waals surface area contributed by atoms with Gasteiger partial charge in [-0.2, -0.15) is 0 Å². The summed E-state index contributed by atoms with van der Waals surface area (Å²) in [5.74, 6) is 0.110. The minimum absolute atomic E-state index is 0.0649. The molecule has 3 rings (SSSR count). The molecule has 6 heteroatoms. The number of likely N-dealkylation sites (N-methyl/N-ethyl adjacent to an activating group) is 1. The Hall–Kier alpha value is -2.21. The third kappa shape index (κ3) is 3.01. The third-order valence-electron chi connectivity index (χ3n) is 4.09.